The molecule has 0 atom stereocenters. The number of methoxy groups -OCH3 is 1. The first-order valence-corrected chi connectivity index (χ1v) is 8.90. The molecule has 1 N–H and O–H groups in total. The number of rotatable bonds is 7. The molecule has 5 nitrogen and oxygen atoms in total. The van der Waals surface area contributed by atoms with Crippen molar-refractivity contribution in [3.05, 3.63) is 76.8 Å². The Balaban J connectivity index is 1.67. The number of benzene rings is 1. The molecule has 1 aromatic carbocycles. The second-order valence-corrected chi connectivity index (χ2v) is 6.17. The van der Waals surface area contributed by atoms with Crippen molar-refractivity contribution in [3.8, 4) is 11.5 Å². The molecule has 26 heavy (non-hydrogen) atoms. The van der Waals surface area contributed by atoms with Crippen molar-refractivity contribution in [2.24, 2.45) is 0 Å². The molecule has 2 heterocycles. The maximum atomic E-state index is 12.1. The third kappa shape index (κ3) is 4.94. The first-order valence-electron chi connectivity index (χ1n) is 7.95. The molecule has 0 aliphatic rings. The van der Waals surface area contributed by atoms with E-state index in [0.717, 1.165) is 11.1 Å². The summed E-state index contributed by atoms with van der Waals surface area (Å²) in [5, 5.41) is 6.77. The molecule has 0 saturated carbocycles. The summed E-state index contributed by atoms with van der Waals surface area (Å²) >= 11 is 1.59. The number of carbonyl (C=O) groups is 1. The number of nitrogens with zero attached hydrogens (tertiary/aromatic N) is 1. The molecule has 132 valence electrons. The predicted octanol–water partition coefficient (Wildman–Crippen LogP) is 4.38. The number of anilines is 1. The lowest BCUT2D eigenvalue weighted by Crippen LogP contribution is -2.08. The average Bonchev–Trinajstić information content (AvgIpc) is 3.19. The summed E-state index contributed by atoms with van der Waals surface area (Å²) in [6.45, 7) is 0.383. The van der Waals surface area contributed by atoms with E-state index in [-0.39, 0.29) is 5.91 Å². The van der Waals surface area contributed by atoms with Gasteiger partial charge in [-0.1, -0.05) is 0 Å². The predicted molar refractivity (Wildman–Crippen MR) is 104 cm³/mol. The van der Waals surface area contributed by atoms with Gasteiger partial charge in [-0.3, -0.25) is 9.78 Å². The third-order valence-corrected chi connectivity index (χ3v) is 4.25. The molecule has 1 amide bonds. The smallest absolute Gasteiger partial charge is 0.248 e. The second-order valence-electron chi connectivity index (χ2n) is 5.39. The number of nitrogens with one attached hydrogen (secondary N) is 1. The summed E-state index contributed by atoms with van der Waals surface area (Å²) in [6, 6.07) is 11.0. The summed E-state index contributed by atoms with van der Waals surface area (Å²) in [5.74, 6) is 0.955. The Morgan fingerprint density at radius 1 is 1.19 bits per heavy atom. The third-order valence-electron chi connectivity index (χ3n) is 3.55. The van der Waals surface area contributed by atoms with Crippen LogP contribution in [-0.2, 0) is 11.4 Å². The van der Waals surface area contributed by atoms with Crippen LogP contribution in [0.15, 0.2) is 65.6 Å². The molecule has 3 rings (SSSR count). The molecule has 0 aliphatic heterocycles. The number of hydrogen-bond acceptors (Lipinski definition) is 5. The highest BCUT2D eigenvalue weighted by Gasteiger charge is 2.08. The van der Waals surface area contributed by atoms with E-state index in [9.17, 15) is 4.79 Å². The molecule has 0 spiro atoms. The molecule has 0 saturated heterocycles. The lowest BCUT2D eigenvalue weighted by atomic mass is 10.2. The highest BCUT2D eigenvalue weighted by Crippen LogP contribution is 2.31. The van der Waals surface area contributed by atoms with Gasteiger partial charge in [0.05, 0.1) is 7.11 Å². The topological polar surface area (TPSA) is 60.5 Å². The van der Waals surface area contributed by atoms with Crippen LogP contribution in [0.3, 0.4) is 0 Å². The zero-order valence-electron chi connectivity index (χ0n) is 14.2. The van der Waals surface area contributed by atoms with Crippen LogP contribution in [0.25, 0.3) is 6.08 Å². The van der Waals surface area contributed by atoms with Crippen LogP contribution < -0.4 is 14.8 Å². The van der Waals surface area contributed by atoms with Crippen molar-refractivity contribution in [3.63, 3.8) is 0 Å². The Bertz CT molecular complexity index is 877. The number of ether oxygens (including phenoxy) is 2. The van der Waals surface area contributed by atoms with Gasteiger partial charge in [0.2, 0.25) is 5.91 Å². The molecule has 0 unspecified atom stereocenters. The molecule has 6 heteroatoms. The number of thiophene rings is 1. The van der Waals surface area contributed by atoms with Gasteiger partial charge in [-0.15, -0.1) is 0 Å². The molecule has 2 aromatic heterocycles. The highest BCUT2D eigenvalue weighted by molar-refractivity contribution is 7.08. The molecule has 3 aromatic rings. The van der Waals surface area contributed by atoms with Gasteiger partial charge >= 0.3 is 0 Å². The zero-order chi connectivity index (χ0) is 18.2. The molecular weight excluding hydrogens is 348 g/mol. The standard InChI is InChI=1S/C20H18N2O3S/c1-24-18-4-3-17(22-20(23)5-2-16-8-11-26-14-16)12-19(18)25-13-15-6-9-21-10-7-15/h2-12,14H,13H2,1H3,(H,22,23)/b5-2+. The lowest BCUT2D eigenvalue weighted by Gasteiger charge is -2.12. The minimum Gasteiger partial charge on any atom is -0.493 e. The summed E-state index contributed by atoms with van der Waals surface area (Å²) in [6.07, 6.45) is 6.71. The van der Waals surface area contributed by atoms with Crippen LogP contribution >= 0.6 is 11.3 Å². The Labute approximate surface area is 155 Å². The highest BCUT2D eigenvalue weighted by atomic mass is 32.1. The van der Waals surface area contributed by atoms with E-state index in [1.807, 2.05) is 29.0 Å². The number of aromatic nitrogens is 1. The first-order chi connectivity index (χ1) is 12.7. The van der Waals surface area contributed by atoms with Crippen LogP contribution in [-0.4, -0.2) is 18.0 Å². The summed E-state index contributed by atoms with van der Waals surface area (Å²) in [5.41, 5.74) is 2.63. The fraction of sp³-hybridized carbons (Fsp3) is 0.100. The van der Waals surface area contributed by atoms with E-state index >= 15 is 0 Å². The Morgan fingerprint density at radius 3 is 2.77 bits per heavy atom. The molecular formula is C20H18N2O3S. The monoisotopic (exact) mass is 366 g/mol. The van der Waals surface area contributed by atoms with Gasteiger partial charge in [-0.05, 0) is 58.3 Å². The van der Waals surface area contributed by atoms with Gasteiger partial charge in [0.1, 0.15) is 6.61 Å². The van der Waals surface area contributed by atoms with E-state index in [1.165, 1.54) is 6.08 Å². The molecule has 0 bridgehead atoms. The lowest BCUT2D eigenvalue weighted by molar-refractivity contribution is -0.111. The van der Waals surface area contributed by atoms with Crippen molar-refractivity contribution in [1.29, 1.82) is 0 Å². The molecule has 0 aliphatic carbocycles. The van der Waals surface area contributed by atoms with Crippen molar-refractivity contribution >= 4 is 29.0 Å². The average molecular weight is 366 g/mol. The van der Waals surface area contributed by atoms with Crippen LogP contribution in [0.5, 0.6) is 11.5 Å². The SMILES string of the molecule is COc1ccc(NC(=O)/C=C/c2ccsc2)cc1OCc1ccncc1. The number of carbonyl (C=O) groups excluding carboxylic acids is 1. The summed E-state index contributed by atoms with van der Waals surface area (Å²) in [4.78, 5) is 16.1. The minimum absolute atomic E-state index is 0.207. The molecule has 0 fully saturated rings. The zero-order valence-corrected chi connectivity index (χ0v) is 15.0. The number of hydrogen-bond donors (Lipinski definition) is 1. The molecule has 0 radical (unpaired) electrons. The summed E-state index contributed by atoms with van der Waals surface area (Å²) in [7, 11) is 1.58. The normalized spacial score (nSPS) is 10.7. The maximum Gasteiger partial charge on any atom is 0.248 e. The Kier molecular flexibility index (Phi) is 6.01. The van der Waals surface area contributed by atoms with Crippen LogP contribution in [0.4, 0.5) is 5.69 Å². The van der Waals surface area contributed by atoms with Gasteiger partial charge in [0.15, 0.2) is 11.5 Å². The number of pyridine rings is 1. The van der Waals surface area contributed by atoms with E-state index in [4.69, 9.17) is 9.47 Å². The van der Waals surface area contributed by atoms with Crippen LogP contribution in [0.1, 0.15) is 11.1 Å². The van der Waals surface area contributed by atoms with Gasteiger partial charge in [0.25, 0.3) is 0 Å². The van der Waals surface area contributed by atoms with Crippen LogP contribution in [0.2, 0.25) is 0 Å². The van der Waals surface area contributed by atoms with E-state index in [2.05, 4.69) is 10.3 Å². The van der Waals surface area contributed by atoms with E-state index < -0.39 is 0 Å². The van der Waals surface area contributed by atoms with Crippen molar-refractivity contribution in [2.45, 2.75) is 6.61 Å². The fourth-order valence-electron chi connectivity index (χ4n) is 2.23. The second kappa shape index (κ2) is 8.82. The van der Waals surface area contributed by atoms with E-state index in [1.54, 1.807) is 55.1 Å². The van der Waals surface area contributed by atoms with Crippen molar-refractivity contribution in [2.75, 3.05) is 12.4 Å². The Morgan fingerprint density at radius 2 is 2.04 bits per heavy atom. The van der Waals surface area contributed by atoms with Crippen molar-refractivity contribution in [1.82, 2.24) is 4.98 Å². The summed E-state index contributed by atoms with van der Waals surface area (Å²) < 4.78 is 11.2. The quantitative estimate of drug-likeness (QED) is 0.630. The van der Waals surface area contributed by atoms with Gasteiger partial charge < -0.3 is 14.8 Å². The van der Waals surface area contributed by atoms with Gasteiger partial charge in [0, 0.05) is 30.2 Å². The van der Waals surface area contributed by atoms with Crippen molar-refractivity contribution < 1.29 is 14.3 Å². The van der Waals surface area contributed by atoms with Crippen LogP contribution in [0, 0.1) is 0 Å². The largest absolute Gasteiger partial charge is 0.493 e. The Hall–Kier alpha value is -3.12. The van der Waals surface area contributed by atoms with E-state index in [0.29, 0.717) is 23.8 Å². The minimum atomic E-state index is -0.207. The van der Waals surface area contributed by atoms with Gasteiger partial charge in [-0.2, -0.15) is 11.3 Å². The maximum absolute atomic E-state index is 12.1. The first kappa shape index (κ1) is 17.7. The fourth-order valence-corrected chi connectivity index (χ4v) is 2.86. The number of amides is 1. The van der Waals surface area contributed by atoms with Gasteiger partial charge in [-0.25, -0.2) is 0 Å².